The average Bonchev–Trinajstić information content (AvgIpc) is 2.46. The van der Waals surface area contributed by atoms with Crippen LogP contribution >= 0.6 is 27.7 Å². The number of halogens is 1. The third-order valence-electron chi connectivity index (χ3n) is 1.48. The predicted octanol–water partition coefficient (Wildman–Crippen LogP) is 2.44. The zero-order chi connectivity index (χ0) is 8.55. The van der Waals surface area contributed by atoms with E-state index in [2.05, 4.69) is 30.9 Å². The molecule has 62 valence electrons. The van der Waals surface area contributed by atoms with E-state index in [4.69, 9.17) is 0 Å². The summed E-state index contributed by atoms with van der Waals surface area (Å²) in [7, 11) is 0. The maximum atomic E-state index is 4.26. The monoisotopic (exact) mass is 243 g/mol. The lowest BCUT2D eigenvalue weighted by Gasteiger charge is -1.86. The third-order valence-corrected chi connectivity index (χ3v) is 2.51. The maximum absolute atomic E-state index is 4.26. The number of hydrogen-bond donors (Lipinski definition) is 1. The molecular formula is C7H6BrN3S. The minimum absolute atomic E-state index is 0.758. The van der Waals surface area contributed by atoms with Gasteiger partial charge in [0.1, 0.15) is 4.60 Å². The summed E-state index contributed by atoms with van der Waals surface area (Å²) in [6.45, 7) is 0. The summed E-state index contributed by atoms with van der Waals surface area (Å²) in [5.74, 6) is 0. The Kier molecular flexibility index (Phi) is 2.06. The van der Waals surface area contributed by atoms with Gasteiger partial charge >= 0.3 is 0 Å². The van der Waals surface area contributed by atoms with Gasteiger partial charge in [0, 0.05) is 0 Å². The van der Waals surface area contributed by atoms with Crippen LogP contribution in [0.1, 0.15) is 0 Å². The van der Waals surface area contributed by atoms with Crippen LogP contribution in [0, 0.1) is 0 Å². The first kappa shape index (κ1) is 8.07. The lowest BCUT2D eigenvalue weighted by atomic mass is 10.4. The topological polar surface area (TPSA) is 41.6 Å². The summed E-state index contributed by atoms with van der Waals surface area (Å²) in [4.78, 5) is 11.6. The summed E-state index contributed by atoms with van der Waals surface area (Å²) in [6.07, 6.45) is 1.98. The number of thioether (sulfide) groups is 1. The van der Waals surface area contributed by atoms with Gasteiger partial charge in [-0.3, -0.25) is 0 Å². The van der Waals surface area contributed by atoms with Crippen LogP contribution in [0.5, 0.6) is 0 Å². The number of H-pyrrole nitrogens is 1. The van der Waals surface area contributed by atoms with Crippen LogP contribution in [-0.2, 0) is 0 Å². The Morgan fingerprint density at radius 3 is 3.00 bits per heavy atom. The molecule has 0 saturated carbocycles. The number of fused-ring (bicyclic) bond motifs is 1. The Morgan fingerprint density at radius 1 is 1.42 bits per heavy atom. The van der Waals surface area contributed by atoms with Gasteiger partial charge in [-0.1, -0.05) is 11.8 Å². The Balaban J connectivity index is 2.67. The molecule has 2 rings (SSSR count). The molecule has 0 aliphatic rings. The highest BCUT2D eigenvalue weighted by Gasteiger charge is 2.01. The van der Waals surface area contributed by atoms with Crippen LogP contribution in [0.25, 0.3) is 11.2 Å². The fourth-order valence-corrected chi connectivity index (χ4v) is 1.63. The maximum Gasteiger partial charge on any atom is 0.179 e. The van der Waals surface area contributed by atoms with E-state index in [1.54, 1.807) is 11.8 Å². The summed E-state index contributed by atoms with van der Waals surface area (Å²) in [6, 6.07) is 3.85. The van der Waals surface area contributed by atoms with Crippen LogP contribution < -0.4 is 0 Å². The number of pyridine rings is 1. The van der Waals surface area contributed by atoms with Gasteiger partial charge in [-0.2, -0.15) is 0 Å². The highest BCUT2D eigenvalue weighted by atomic mass is 79.9. The smallest absolute Gasteiger partial charge is 0.179 e. The van der Waals surface area contributed by atoms with Gasteiger partial charge in [0.25, 0.3) is 0 Å². The Bertz CT molecular complexity index is 412. The van der Waals surface area contributed by atoms with Crippen molar-refractivity contribution in [2.75, 3.05) is 6.26 Å². The van der Waals surface area contributed by atoms with Gasteiger partial charge < -0.3 is 4.98 Å². The molecule has 0 aliphatic heterocycles. The zero-order valence-corrected chi connectivity index (χ0v) is 8.74. The van der Waals surface area contributed by atoms with E-state index in [1.165, 1.54) is 0 Å². The standard InChI is InChI=1S/C7H6BrN3S/c1-12-7-9-4-2-3-5(8)10-6(4)11-7/h2-3H,1H3,(H,9,10,11). The van der Waals surface area contributed by atoms with E-state index in [-0.39, 0.29) is 0 Å². The van der Waals surface area contributed by atoms with Gasteiger partial charge in [0.05, 0.1) is 5.52 Å². The minimum atomic E-state index is 0.758. The molecule has 0 saturated heterocycles. The van der Waals surface area contributed by atoms with E-state index in [0.29, 0.717) is 0 Å². The van der Waals surface area contributed by atoms with Crippen molar-refractivity contribution in [1.29, 1.82) is 0 Å². The first-order valence-corrected chi connectivity index (χ1v) is 5.37. The summed E-state index contributed by atoms with van der Waals surface area (Å²) in [5.41, 5.74) is 1.73. The molecule has 0 fully saturated rings. The fraction of sp³-hybridized carbons (Fsp3) is 0.143. The second-order valence-electron chi connectivity index (χ2n) is 2.25. The molecule has 0 atom stereocenters. The second kappa shape index (κ2) is 3.06. The molecule has 5 heteroatoms. The minimum Gasteiger partial charge on any atom is -0.332 e. The molecule has 0 spiro atoms. The normalized spacial score (nSPS) is 10.8. The van der Waals surface area contributed by atoms with Gasteiger partial charge in [-0.15, -0.1) is 0 Å². The molecule has 2 aromatic rings. The molecule has 0 bridgehead atoms. The molecule has 1 N–H and O–H groups in total. The van der Waals surface area contributed by atoms with Crippen LogP contribution in [0.15, 0.2) is 21.9 Å². The Labute approximate surface area is 82.1 Å². The third kappa shape index (κ3) is 1.34. The van der Waals surface area contributed by atoms with Gasteiger partial charge in [-0.25, -0.2) is 9.97 Å². The Hall–Kier alpha value is -0.550. The van der Waals surface area contributed by atoms with E-state index >= 15 is 0 Å². The number of rotatable bonds is 1. The number of aromatic nitrogens is 3. The van der Waals surface area contributed by atoms with E-state index in [9.17, 15) is 0 Å². The molecular weight excluding hydrogens is 238 g/mol. The highest BCUT2D eigenvalue weighted by molar-refractivity contribution is 9.10. The van der Waals surface area contributed by atoms with Gasteiger partial charge in [0.15, 0.2) is 10.8 Å². The van der Waals surface area contributed by atoms with Crippen molar-refractivity contribution in [1.82, 2.24) is 15.0 Å². The van der Waals surface area contributed by atoms with Crippen molar-refractivity contribution in [3.05, 3.63) is 16.7 Å². The van der Waals surface area contributed by atoms with Crippen molar-refractivity contribution >= 4 is 38.9 Å². The lowest BCUT2D eigenvalue weighted by molar-refractivity contribution is 1.08. The van der Waals surface area contributed by atoms with Crippen LogP contribution in [0.4, 0.5) is 0 Å². The second-order valence-corrected chi connectivity index (χ2v) is 3.86. The first-order valence-electron chi connectivity index (χ1n) is 3.36. The number of hydrogen-bond acceptors (Lipinski definition) is 3. The molecule has 0 radical (unpaired) electrons. The summed E-state index contributed by atoms with van der Waals surface area (Å²) in [5, 5.41) is 0.899. The Morgan fingerprint density at radius 2 is 2.25 bits per heavy atom. The molecule has 0 amide bonds. The molecule has 0 aromatic carbocycles. The van der Waals surface area contributed by atoms with Crippen molar-refractivity contribution in [2.24, 2.45) is 0 Å². The number of nitrogens with zero attached hydrogens (tertiary/aromatic N) is 2. The van der Waals surface area contributed by atoms with Crippen LogP contribution in [-0.4, -0.2) is 21.2 Å². The average molecular weight is 244 g/mol. The molecule has 2 heterocycles. The largest absolute Gasteiger partial charge is 0.332 e. The first-order chi connectivity index (χ1) is 5.79. The number of nitrogens with one attached hydrogen (secondary N) is 1. The molecule has 3 nitrogen and oxygen atoms in total. The van der Waals surface area contributed by atoms with Crippen molar-refractivity contribution in [3.8, 4) is 0 Å². The quantitative estimate of drug-likeness (QED) is 0.618. The van der Waals surface area contributed by atoms with Gasteiger partial charge in [0.2, 0.25) is 0 Å². The molecule has 2 aromatic heterocycles. The fourth-order valence-electron chi connectivity index (χ4n) is 0.944. The molecule has 0 aliphatic carbocycles. The number of imidazole rings is 1. The van der Waals surface area contributed by atoms with Crippen LogP contribution in [0.2, 0.25) is 0 Å². The van der Waals surface area contributed by atoms with Gasteiger partial charge in [-0.05, 0) is 34.3 Å². The van der Waals surface area contributed by atoms with E-state index in [0.717, 1.165) is 20.9 Å². The van der Waals surface area contributed by atoms with Crippen molar-refractivity contribution in [3.63, 3.8) is 0 Å². The zero-order valence-electron chi connectivity index (χ0n) is 6.34. The molecule has 0 unspecified atom stereocenters. The lowest BCUT2D eigenvalue weighted by Crippen LogP contribution is -1.76. The number of aromatic amines is 1. The summed E-state index contributed by atoms with van der Waals surface area (Å²) < 4.78 is 0.814. The van der Waals surface area contributed by atoms with Crippen molar-refractivity contribution in [2.45, 2.75) is 5.16 Å². The van der Waals surface area contributed by atoms with Crippen molar-refractivity contribution < 1.29 is 0 Å². The van der Waals surface area contributed by atoms with E-state index < -0.39 is 0 Å². The predicted molar refractivity (Wildman–Crippen MR) is 53.4 cm³/mol. The SMILES string of the molecule is CSc1nc2nc(Br)ccc2[nH]1. The van der Waals surface area contributed by atoms with Crippen LogP contribution in [0.3, 0.4) is 0 Å². The highest BCUT2D eigenvalue weighted by Crippen LogP contribution is 2.17. The van der Waals surface area contributed by atoms with E-state index in [1.807, 2.05) is 18.4 Å². The summed E-state index contributed by atoms with van der Waals surface area (Å²) >= 11 is 4.87. The molecule has 12 heavy (non-hydrogen) atoms.